The fourth-order valence-electron chi connectivity index (χ4n) is 4.14. The summed E-state index contributed by atoms with van der Waals surface area (Å²) in [6.07, 6.45) is 3.01. The van der Waals surface area contributed by atoms with E-state index in [2.05, 4.69) is 15.1 Å². The Bertz CT molecular complexity index is 953. The van der Waals surface area contributed by atoms with Crippen LogP contribution >= 0.6 is 11.6 Å². The first-order valence-electron chi connectivity index (χ1n) is 11.4. The molecule has 8 heteroatoms. The average Bonchev–Trinajstić information content (AvgIpc) is 2.76. The smallest absolute Gasteiger partial charge is 0.242 e. The monoisotopic (exact) mass is 455 g/mol. The number of hydrogen-bond acceptors (Lipinski definition) is 5. The number of anilines is 1. The van der Waals surface area contributed by atoms with Gasteiger partial charge in [-0.3, -0.25) is 9.59 Å². The Morgan fingerprint density at radius 1 is 1.06 bits per heavy atom. The van der Waals surface area contributed by atoms with Gasteiger partial charge in [0.15, 0.2) is 5.82 Å². The average molecular weight is 456 g/mol. The maximum absolute atomic E-state index is 12.9. The second kappa shape index (κ2) is 9.86. The number of hydrogen-bond donors (Lipinski definition) is 0. The van der Waals surface area contributed by atoms with E-state index in [0.717, 1.165) is 36.3 Å². The van der Waals surface area contributed by atoms with Gasteiger partial charge in [-0.1, -0.05) is 36.2 Å². The Kier molecular flexibility index (Phi) is 6.94. The van der Waals surface area contributed by atoms with Crippen molar-refractivity contribution in [3.05, 3.63) is 41.4 Å². The van der Waals surface area contributed by atoms with E-state index in [-0.39, 0.29) is 30.3 Å². The van der Waals surface area contributed by atoms with Gasteiger partial charge in [-0.25, -0.2) is 0 Å². The third-order valence-corrected chi connectivity index (χ3v) is 6.75. The van der Waals surface area contributed by atoms with Crippen LogP contribution in [0.4, 0.5) is 5.82 Å². The molecule has 1 saturated heterocycles. The van der Waals surface area contributed by atoms with Crippen LogP contribution in [0.3, 0.4) is 0 Å². The summed E-state index contributed by atoms with van der Waals surface area (Å²) in [5.74, 6) is 1.05. The summed E-state index contributed by atoms with van der Waals surface area (Å²) in [6.45, 7) is 6.71. The summed E-state index contributed by atoms with van der Waals surface area (Å²) in [5.41, 5.74) is 1.59. The number of carbonyl (C=O) groups is 2. The number of rotatable bonds is 6. The van der Waals surface area contributed by atoms with Gasteiger partial charge in [0.2, 0.25) is 11.8 Å². The first-order valence-corrected chi connectivity index (χ1v) is 11.7. The van der Waals surface area contributed by atoms with E-state index in [1.165, 1.54) is 0 Å². The first-order chi connectivity index (χ1) is 15.4. The number of aromatic nitrogens is 2. The third kappa shape index (κ3) is 4.88. The van der Waals surface area contributed by atoms with Gasteiger partial charge >= 0.3 is 0 Å². The van der Waals surface area contributed by atoms with Crippen LogP contribution in [0.15, 0.2) is 36.4 Å². The number of nitrogens with zero attached hydrogens (tertiary/aromatic N) is 5. The molecule has 2 fully saturated rings. The van der Waals surface area contributed by atoms with Crippen LogP contribution in [0.2, 0.25) is 5.02 Å². The molecular weight excluding hydrogens is 426 g/mol. The molecule has 170 valence electrons. The Morgan fingerprint density at radius 3 is 2.34 bits per heavy atom. The van der Waals surface area contributed by atoms with E-state index in [1.807, 2.05) is 55.1 Å². The molecule has 1 aromatic heterocycles. The quantitative estimate of drug-likeness (QED) is 0.667. The standard InChI is InChI=1S/C24H30ClN5O2/c1-17(2)30(24(32)18-6-5-7-18)16-23(31)29-14-12-28(13-15-29)22-11-10-21(26-27-22)19-8-3-4-9-20(19)25/h3-4,8-11,17-18H,5-7,12-16H2,1-2H3. The zero-order valence-electron chi connectivity index (χ0n) is 18.7. The fourth-order valence-corrected chi connectivity index (χ4v) is 4.37. The Balaban J connectivity index is 1.33. The lowest BCUT2D eigenvalue weighted by molar-refractivity contribution is -0.146. The number of piperazine rings is 1. The molecule has 0 radical (unpaired) electrons. The van der Waals surface area contributed by atoms with E-state index in [0.29, 0.717) is 31.2 Å². The molecule has 32 heavy (non-hydrogen) atoms. The molecule has 4 rings (SSSR count). The lowest BCUT2D eigenvalue weighted by Gasteiger charge is -2.38. The molecule has 0 unspecified atom stereocenters. The van der Waals surface area contributed by atoms with E-state index >= 15 is 0 Å². The van der Waals surface area contributed by atoms with Gasteiger partial charge in [-0.2, -0.15) is 0 Å². The third-order valence-electron chi connectivity index (χ3n) is 6.42. The molecule has 2 amide bonds. The van der Waals surface area contributed by atoms with Crippen molar-refractivity contribution >= 4 is 29.2 Å². The highest BCUT2D eigenvalue weighted by atomic mass is 35.5. The van der Waals surface area contributed by atoms with Crippen molar-refractivity contribution in [3.63, 3.8) is 0 Å². The zero-order valence-corrected chi connectivity index (χ0v) is 19.5. The maximum Gasteiger partial charge on any atom is 0.242 e. The summed E-state index contributed by atoms with van der Waals surface area (Å²) >= 11 is 6.26. The van der Waals surface area contributed by atoms with E-state index in [4.69, 9.17) is 11.6 Å². The Hall–Kier alpha value is -2.67. The highest BCUT2D eigenvalue weighted by Gasteiger charge is 2.33. The fraction of sp³-hybridized carbons (Fsp3) is 0.500. The highest BCUT2D eigenvalue weighted by Crippen LogP contribution is 2.29. The van der Waals surface area contributed by atoms with Crippen molar-refractivity contribution in [1.82, 2.24) is 20.0 Å². The molecule has 7 nitrogen and oxygen atoms in total. The zero-order chi connectivity index (χ0) is 22.7. The van der Waals surface area contributed by atoms with Crippen molar-refractivity contribution in [1.29, 1.82) is 0 Å². The molecule has 1 aliphatic carbocycles. The van der Waals surface area contributed by atoms with Crippen LogP contribution in [-0.4, -0.2) is 70.6 Å². The lowest BCUT2D eigenvalue weighted by Crippen LogP contribution is -2.53. The molecule has 2 aromatic rings. The van der Waals surface area contributed by atoms with Gasteiger partial charge in [-0.15, -0.1) is 10.2 Å². The highest BCUT2D eigenvalue weighted by molar-refractivity contribution is 6.33. The summed E-state index contributed by atoms with van der Waals surface area (Å²) < 4.78 is 0. The van der Waals surface area contributed by atoms with Gasteiger partial charge in [0.1, 0.15) is 0 Å². The molecule has 1 aromatic carbocycles. The molecule has 0 spiro atoms. The van der Waals surface area contributed by atoms with Crippen LogP contribution in [-0.2, 0) is 9.59 Å². The van der Waals surface area contributed by atoms with Crippen molar-refractivity contribution in [3.8, 4) is 11.3 Å². The number of amides is 2. The van der Waals surface area contributed by atoms with Gasteiger partial charge in [0.05, 0.1) is 17.3 Å². The second-order valence-corrected chi connectivity index (χ2v) is 9.22. The van der Waals surface area contributed by atoms with Crippen LogP contribution < -0.4 is 4.90 Å². The van der Waals surface area contributed by atoms with Crippen LogP contribution in [0, 0.1) is 5.92 Å². The van der Waals surface area contributed by atoms with Crippen LogP contribution in [0.25, 0.3) is 11.3 Å². The van der Waals surface area contributed by atoms with Crippen LogP contribution in [0.5, 0.6) is 0 Å². The van der Waals surface area contributed by atoms with Gasteiger partial charge in [0, 0.05) is 43.7 Å². The number of benzene rings is 1. The molecule has 0 bridgehead atoms. The van der Waals surface area contributed by atoms with Gasteiger partial charge in [0.25, 0.3) is 0 Å². The largest absolute Gasteiger partial charge is 0.352 e. The van der Waals surface area contributed by atoms with E-state index < -0.39 is 0 Å². The minimum absolute atomic E-state index is 0.0196. The minimum atomic E-state index is 0.0196. The van der Waals surface area contributed by atoms with Gasteiger partial charge < -0.3 is 14.7 Å². The summed E-state index contributed by atoms with van der Waals surface area (Å²) in [6, 6.07) is 11.5. The predicted octanol–water partition coefficient (Wildman–Crippen LogP) is 3.48. The van der Waals surface area contributed by atoms with Crippen LogP contribution in [0.1, 0.15) is 33.1 Å². The maximum atomic E-state index is 12.9. The Labute approximate surface area is 194 Å². The SMILES string of the molecule is CC(C)N(CC(=O)N1CCN(c2ccc(-c3ccccc3Cl)nn2)CC1)C(=O)C1CCC1. The van der Waals surface area contributed by atoms with Gasteiger partial charge in [-0.05, 0) is 44.9 Å². The Morgan fingerprint density at radius 2 is 1.78 bits per heavy atom. The first kappa shape index (κ1) is 22.5. The van der Waals surface area contributed by atoms with Crippen molar-refractivity contribution in [2.75, 3.05) is 37.6 Å². The summed E-state index contributed by atoms with van der Waals surface area (Å²) in [5, 5.41) is 9.37. The molecule has 0 N–H and O–H groups in total. The molecular formula is C24H30ClN5O2. The number of halogens is 1. The lowest BCUT2D eigenvalue weighted by atomic mass is 9.84. The van der Waals surface area contributed by atoms with Crippen molar-refractivity contribution in [2.24, 2.45) is 5.92 Å². The molecule has 0 atom stereocenters. The topological polar surface area (TPSA) is 69.6 Å². The van der Waals surface area contributed by atoms with Crippen molar-refractivity contribution < 1.29 is 9.59 Å². The summed E-state index contributed by atoms with van der Waals surface area (Å²) in [7, 11) is 0. The molecule has 2 heterocycles. The van der Waals surface area contributed by atoms with E-state index in [1.54, 1.807) is 4.90 Å². The van der Waals surface area contributed by atoms with E-state index in [9.17, 15) is 9.59 Å². The minimum Gasteiger partial charge on any atom is -0.352 e. The number of carbonyl (C=O) groups excluding carboxylic acids is 2. The molecule has 1 saturated carbocycles. The predicted molar refractivity (Wildman–Crippen MR) is 125 cm³/mol. The molecule has 2 aliphatic rings. The summed E-state index contributed by atoms with van der Waals surface area (Å²) in [4.78, 5) is 31.3. The second-order valence-electron chi connectivity index (χ2n) is 8.81. The van der Waals surface area contributed by atoms with Crippen molar-refractivity contribution in [2.45, 2.75) is 39.2 Å². The molecule has 1 aliphatic heterocycles. The normalized spacial score (nSPS) is 16.8.